The van der Waals surface area contributed by atoms with Crippen LogP contribution in [0.4, 0.5) is 10.5 Å². The molecule has 2 aromatic rings. The Kier molecular flexibility index (Phi) is 5.23. The molecule has 6 rings (SSSR count). The van der Waals surface area contributed by atoms with Crippen molar-refractivity contribution in [3.63, 3.8) is 0 Å². The molecule has 4 bridgehead atoms. The Hall–Kier alpha value is -2.82. The van der Waals surface area contributed by atoms with Gasteiger partial charge in [0.1, 0.15) is 0 Å². The maximum absolute atomic E-state index is 13.6. The van der Waals surface area contributed by atoms with Gasteiger partial charge in [-0.1, -0.05) is 42.0 Å². The monoisotopic (exact) mass is 432 g/mol. The number of anilines is 1. The van der Waals surface area contributed by atoms with Crippen LogP contribution in [-0.2, 0) is 21.5 Å². The second-order valence-electron chi connectivity index (χ2n) is 10.4. The molecular formula is C27H32N2O3. The van der Waals surface area contributed by atoms with Crippen molar-refractivity contribution in [3.8, 4) is 0 Å². The van der Waals surface area contributed by atoms with Gasteiger partial charge in [-0.3, -0.25) is 10.1 Å². The number of benzene rings is 2. The molecule has 2 atom stereocenters. The van der Waals surface area contributed by atoms with E-state index in [1.165, 1.54) is 37.5 Å². The van der Waals surface area contributed by atoms with Crippen molar-refractivity contribution < 1.29 is 14.3 Å². The van der Waals surface area contributed by atoms with Crippen LogP contribution in [-0.4, -0.2) is 19.1 Å². The summed E-state index contributed by atoms with van der Waals surface area (Å²) in [4.78, 5) is 24.9. The van der Waals surface area contributed by atoms with Crippen molar-refractivity contribution in [3.05, 3.63) is 65.2 Å². The highest BCUT2D eigenvalue weighted by molar-refractivity contribution is 5.85. The highest BCUT2D eigenvalue weighted by atomic mass is 16.5. The van der Waals surface area contributed by atoms with Crippen LogP contribution < -0.4 is 10.6 Å². The molecule has 4 aliphatic carbocycles. The Morgan fingerprint density at radius 3 is 2.25 bits per heavy atom. The molecule has 32 heavy (non-hydrogen) atoms. The van der Waals surface area contributed by atoms with E-state index in [1.54, 1.807) is 0 Å². The third-order valence-corrected chi connectivity index (χ3v) is 8.05. The second kappa shape index (κ2) is 7.95. The number of amides is 2. The quantitative estimate of drug-likeness (QED) is 0.671. The summed E-state index contributed by atoms with van der Waals surface area (Å²) >= 11 is 0. The minimum absolute atomic E-state index is 0.163. The largest absolute Gasteiger partial charge is 0.453 e. The van der Waals surface area contributed by atoms with E-state index in [1.807, 2.05) is 24.3 Å². The van der Waals surface area contributed by atoms with Gasteiger partial charge in [-0.25, -0.2) is 4.79 Å². The van der Waals surface area contributed by atoms with Crippen LogP contribution in [0.2, 0.25) is 0 Å². The number of carbonyl (C=O) groups is 2. The molecule has 0 aliphatic heterocycles. The van der Waals surface area contributed by atoms with Crippen LogP contribution in [0, 0.1) is 24.2 Å². The van der Waals surface area contributed by atoms with Crippen molar-refractivity contribution in [2.45, 2.75) is 57.4 Å². The smallest absolute Gasteiger partial charge is 0.411 e. The van der Waals surface area contributed by atoms with Gasteiger partial charge in [0.05, 0.1) is 12.5 Å². The fourth-order valence-corrected chi connectivity index (χ4v) is 7.02. The molecule has 2 amide bonds. The maximum atomic E-state index is 13.6. The summed E-state index contributed by atoms with van der Waals surface area (Å²) in [5.74, 6) is 1.54. The summed E-state index contributed by atoms with van der Waals surface area (Å²) in [5.41, 5.74) is 4.35. The fraction of sp³-hybridized carbons (Fsp3) is 0.481. The highest BCUT2D eigenvalue weighted by Crippen LogP contribution is 2.65. The van der Waals surface area contributed by atoms with Gasteiger partial charge in [-0.2, -0.15) is 0 Å². The van der Waals surface area contributed by atoms with Crippen LogP contribution in [0.3, 0.4) is 0 Å². The van der Waals surface area contributed by atoms with E-state index in [0.29, 0.717) is 24.1 Å². The second-order valence-corrected chi connectivity index (χ2v) is 10.4. The maximum Gasteiger partial charge on any atom is 0.411 e. The van der Waals surface area contributed by atoms with Crippen LogP contribution >= 0.6 is 0 Å². The minimum atomic E-state index is -0.490. The summed E-state index contributed by atoms with van der Waals surface area (Å²) in [7, 11) is 1.34. The van der Waals surface area contributed by atoms with Crippen LogP contribution in [0.5, 0.6) is 0 Å². The first kappa shape index (κ1) is 21.0. The van der Waals surface area contributed by atoms with Gasteiger partial charge in [0.2, 0.25) is 5.91 Å². The van der Waals surface area contributed by atoms with Crippen LogP contribution in [0.1, 0.15) is 55.2 Å². The van der Waals surface area contributed by atoms with Crippen molar-refractivity contribution in [2.75, 3.05) is 12.4 Å². The predicted octanol–water partition coefficient (Wildman–Crippen LogP) is 5.33. The Morgan fingerprint density at radius 1 is 0.969 bits per heavy atom. The Labute approximate surface area is 189 Å². The zero-order valence-corrected chi connectivity index (χ0v) is 18.9. The number of nitrogens with one attached hydrogen (secondary N) is 2. The number of carbonyl (C=O) groups excluding carboxylic acids is 2. The van der Waals surface area contributed by atoms with E-state index in [4.69, 9.17) is 0 Å². The zero-order valence-electron chi connectivity index (χ0n) is 18.9. The first-order valence-electron chi connectivity index (χ1n) is 11.7. The Morgan fingerprint density at radius 2 is 1.62 bits per heavy atom. The van der Waals surface area contributed by atoms with Gasteiger partial charge in [0.15, 0.2) is 0 Å². The predicted molar refractivity (Wildman–Crippen MR) is 124 cm³/mol. The SMILES string of the molecule is COC(=O)Nc1ccc(CNC(=O)C23CC4CC(C2)CC(c2ccc(C)cc2)(C4)C3)cc1. The van der Waals surface area contributed by atoms with E-state index < -0.39 is 6.09 Å². The number of hydrogen-bond donors (Lipinski definition) is 2. The molecule has 0 heterocycles. The molecule has 5 nitrogen and oxygen atoms in total. The molecule has 4 saturated carbocycles. The number of rotatable bonds is 5. The number of hydrogen-bond acceptors (Lipinski definition) is 3. The van der Waals surface area contributed by atoms with E-state index in [0.717, 1.165) is 24.8 Å². The lowest BCUT2D eigenvalue weighted by Crippen LogP contribution is -2.59. The molecule has 168 valence electrons. The van der Waals surface area contributed by atoms with E-state index >= 15 is 0 Å². The zero-order chi connectivity index (χ0) is 22.3. The van der Waals surface area contributed by atoms with Gasteiger partial charge in [0, 0.05) is 12.2 Å². The summed E-state index contributed by atoms with van der Waals surface area (Å²) in [6.45, 7) is 2.64. The fourth-order valence-electron chi connectivity index (χ4n) is 7.02. The molecular weight excluding hydrogens is 400 g/mol. The van der Waals surface area contributed by atoms with Gasteiger partial charge in [-0.05, 0) is 86.0 Å². The van der Waals surface area contributed by atoms with E-state index in [9.17, 15) is 9.59 Å². The molecule has 4 aliphatic rings. The number of ether oxygens (including phenoxy) is 1. The van der Waals surface area contributed by atoms with Gasteiger partial charge in [0.25, 0.3) is 0 Å². The third kappa shape index (κ3) is 3.78. The Balaban J connectivity index is 1.29. The molecule has 2 aromatic carbocycles. The standard InChI is InChI=1S/C27H32N2O3/c1-18-3-7-22(8-4-18)26-12-20-11-21(13-26)15-27(14-20,17-26)24(30)28-16-19-5-9-23(10-6-19)29-25(31)32-2/h3-10,20-21H,11-17H2,1-2H3,(H,28,30)(H,29,31). The average molecular weight is 433 g/mol. The normalized spacial score (nSPS) is 30.1. The molecule has 2 unspecified atom stereocenters. The lowest BCUT2D eigenvalue weighted by Gasteiger charge is -2.61. The van der Waals surface area contributed by atoms with Gasteiger partial charge >= 0.3 is 6.09 Å². The minimum Gasteiger partial charge on any atom is -0.453 e. The first-order valence-corrected chi connectivity index (χ1v) is 11.7. The summed E-state index contributed by atoms with van der Waals surface area (Å²) in [6, 6.07) is 16.6. The summed E-state index contributed by atoms with van der Waals surface area (Å²) in [6.07, 6.45) is 6.30. The molecule has 5 heteroatoms. The average Bonchev–Trinajstić information content (AvgIpc) is 2.77. The lowest BCUT2D eigenvalue weighted by atomic mass is 9.42. The third-order valence-electron chi connectivity index (χ3n) is 8.05. The van der Waals surface area contributed by atoms with Gasteiger partial charge in [-0.15, -0.1) is 0 Å². The first-order chi connectivity index (χ1) is 15.4. The van der Waals surface area contributed by atoms with E-state index in [-0.39, 0.29) is 16.7 Å². The molecule has 2 N–H and O–H groups in total. The highest BCUT2D eigenvalue weighted by Gasteiger charge is 2.60. The van der Waals surface area contributed by atoms with Crippen LogP contribution in [0.25, 0.3) is 0 Å². The molecule has 0 aromatic heterocycles. The molecule has 0 radical (unpaired) electrons. The molecule has 0 spiro atoms. The topological polar surface area (TPSA) is 67.4 Å². The van der Waals surface area contributed by atoms with Gasteiger partial charge < -0.3 is 10.1 Å². The van der Waals surface area contributed by atoms with E-state index in [2.05, 4.69) is 46.6 Å². The Bertz CT molecular complexity index is 998. The molecule has 0 saturated heterocycles. The number of aryl methyl sites for hydroxylation is 1. The van der Waals surface area contributed by atoms with Crippen LogP contribution in [0.15, 0.2) is 48.5 Å². The van der Waals surface area contributed by atoms with Crippen molar-refractivity contribution in [1.82, 2.24) is 5.32 Å². The number of methoxy groups -OCH3 is 1. The summed E-state index contributed by atoms with van der Waals surface area (Å²) < 4.78 is 4.62. The van der Waals surface area contributed by atoms with Crippen molar-refractivity contribution in [1.29, 1.82) is 0 Å². The molecule has 4 fully saturated rings. The van der Waals surface area contributed by atoms with Crippen molar-refractivity contribution >= 4 is 17.7 Å². The van der Waals surface area contributed by atoms with Crippen molar-refractivity contribution in [2.24, 2.45) is 17.3 Å². The lowest BCUT2D eigenvalue weighted by molar-refractivity contribution is -0.149. The summed E-state index contributed by atoms with van der Waals surface area (Å²) in [5, 5.41) is 5.90.